The highest BCUT2D eigenvalue weighted by molar-refractivity contribution is 5.98. The Labute approximate surface area is 198 Å². The summed E-state index contributed by atoms with van der Waals surface area (Å²) in [6, 6.07) is 11.9. The summed E-state index contributed by atoms with van der Waals surface area (Å²) in [6.45, 7) is 2.10. The largest absolute Gasteiger partial charge is 0.380 e. The van der Waals surface area contributed by atoms with Gasteiger partial charge in [0.1, 0.15) is 5.65 Å². The van der Waals surface area contributed by atoms with Gasteiger partial charge in [0.2, 0.25) is 0 Å². The summed E-state index contributed by atoms with van der Waals surface area (Å²) in [5.74, 6) is 1.59. The van der Waals surface area contributed by atoms with Crippen LogP contribution in [-0.4, -0.2) is 62.3 Å². The van der Waals surface area contributed by atoms with E-state index in [1.54, 1.807) is 7.11 Å². The maximum Gasteiger partial charge on any atom is 0.253 e. The van der Waals surface area contributed by atoms with Crippen molar-refractivity contribution in [2.75, 3.05) is 20.2 Å². The minimum Gasteiger partial charge on any atom is -0.380 e. The zero-order chi connectivity index (χ0) is 23.4. The number of carbonyl (C=O) groups excluding carboxylic acids is 1. The highest BCUT2D eigenvalue weighted by Crippen LogP contribution is 2.36. The van der Waals surface area contributed by atoms with Crippen LogP contribution in [-0.2, 0) is 18.3 Å². The molecule has 4 aromatic rings. The summed E-state index contributed by atoms with van der Waals surface area (Å²) in [6.07, 6.45) is 5.14. The van der Waals surface area contributed by atoms with Crippen molar-refractivity contribution in [2.45, 2.75) is 38.0 Å². The van der Waals surface area contributed by atoms with Gasteiger partial charge in [-0.15, -0.1) is 0 Å². The molecule has 0 spiro atoms. The first kappa shape index (κ1) is 21.3. The van der Waals surface area contributed by atoms with Crippen LogP contribution in [0.15, 0.2) is 42.6 Å². The fraction of sp³-hybridized carbons (Fsp3) is 0.423. The summed E-state index contributed by atoms with van der Waals surface area (Å²) in [4.78, 5) is 24.7. The molecule has 2 N–H and O–H groups in total. The number of rotatable bonds is 5. The van der Waals surface area contributed by atoms with Crippen molar-refractivity contribution in [3.05, 3.63) is 48.2 Å². The van der Waals surface area contributed by atoms with E-state index in [0.717, 1.165) is 46.6 Å². The zero-order valence-corrected chi connectivity index (χ0v) is 19.6. The molecule has 6 rings (SSSR count). The molecular formula is C26H30N6O2. The average molecular weight is 459 g/mol. The van der Waals surface area contributed by atoms with E-state index in [1.807, 2.05) is 42.4 Å². The van der Waals surface area contributed by atoms with Crippen LogP contribution in [0.5, 0.6) is 0 Å². The Bertz CT molecular complexity index is 1380. The molecule has 2 atom stereocenters. The molecule has 2 aliphatic rings. The first-order valence-corrected chi connectivity index (χ1v) is 12.0. The van der Waals surface area contributed by atoms with E-state index in [9.17, 15) is 4.79 Å². The molecule has 1 aliphatic carbocycles. The summed E-state index contributed by atoms with van der Waals surface area (Å²) < 4.78 is 9.85. The predicted molar refractivity (Wildman–Crippen MR) is 131 cm³/mol. The van der Waals surface area contributed by atoms with Crippen LogP contribution in [0.1, 0.15) is 29.6 Å². The maximum absolute atomic E-state index is 13.2. The van der Waals surface area contributed by atoms with Crippen molar-refractivity contribution in [1.29, 1.82) is 0 Å². The normalized spacial score (nSPS) is 21.0. The Morgan fingerprint density at radius 1 is 1.21 bits per heavy atom. The highest BCUT2D eigenvalue weighted by atomic mass is 16.5. The van der Waals surface area contributed by atoms with Crippen LogP contribution in [0.2, 0.25) is 0 Å². The molecule has 1 saturated heterocycles. The summed E-state index contributed by atoms with van der Waals surface area (Å²) >= 11 is 0. The van der Waals surface area contributed by atoms with Gasteiger partial charge >= 0.3 is 0 Å². The third kappa shape index (κ3) is 3.58. The number of nitrogens with zero attached hydrogens (tertiary/aromatic N) is 5. The van der Waals surface area contributed by atoms with Crippen LogP contribution in [0.3, 0.4) is 0 Å². The monoisotopic (exact) mass is 458 g/mol. The van der Waals surface area contributed by atoms with Crippen molar-refractivity contribution >= 4 is 28.0 Å². The number of aryl methyl sites for hydroxylation is 1. The third-order valence-electron chi connectivity index (χ3n) is 7.33. The molecule has 1 saturated carbocycles. The van der Waals surface area contributed by atoms with Crippen molar-refractivity contribution in [2.24, 2.45) is 18.7 Å². The Hall–Kier alpha value is -3.23. The zero-order valence-electron chi connectivity index (χ0n) is 19.6. The lowest BCUT2D eigenvalue weighted by Crippen LogP contribution is -2.53. The van der Waals surface area contributed by atoms with Gasteiger partial charge in [-0.2, -0.15) is 0 Å². The number of fused-ring (bicyclic) bond motifs is 2. The van der Waals surface area contributed by atoms with Gasteiger partial charge in [0.05, 0.1) is 22.8 Å². The molecule has 176 valence electrons. The van der Waals surface area contributed by atoms with Gasteiger partial charge in [-0.25, -0.2) is 9.97 Å². The van der Waals surface area contributed by atoms with E-state index < -0.39 is 0 Å². The van der Waals surface area contributed by atoms with Crippen LogP contribution < -0.4 is 5.73 Å². The van der Waals surface area contributed by atoms with Crippen molar-refractivity contribution < 1.29 is 9.53 Å². The number of ether oxygens (including phenoxy) is 1. The number of carbonyl (C=O) groups is 1. The van der Waals surface area contributed by atoms with E-state index in [0.29, 0.717) is 24.6 Å². The molecule has 0 radical (unpaired) electrons. The number of benzene rings is 1. The Balaban J connectivity index is 1.36. The Morgan fingerprint density at radius 3 is 2.82 bits per heavy atom. The standard InChI is InChI=1S/C26H30N6O2/c1-30-21-8-7-18(26(33)31-11-9-23(34-2)19(27)15-31)12-20(21)29-25(30)22-13-17-4-3-10-28-24(17)32(22)14-16-5-6-16/h3-4,7-8,10,12-13,16,19,23H,5-6,9,11,14-15,27H2,1-2H3/t19-,23+/m0/s1. The molecule has 8 heteroatoms. The van der Waals surface area contributed by atoms with Gasteiger partial charge in [0, 0.05) is 57.0 Å². The van der Waals surface area contributed by atoms with Gasteiger partial charge < -0.3 is 24.5 Å². The van der Waals surface area contributed by atoms with Crippen molar-refractivity contribution in [3.8, 4) is 11.5 Å². The van der Waals surface area contributed by atoms with E-state index in [2.05, 4.69) is 26.3 Å². The number of methoxy groups -OCH3 is 1. The number of imidazole rings is 1. The molecular weight excluding hydrogens is 428 g/mol. The number of hydrogen-bond acceptors (Lipinski definition) is 5. The molecule has 1 amide bonds. The third-order valence-corrected chi connectivity index (χ3v) is 7.33. The fourth-order valence-electron chi connectivity index (χ4n) is 5.20. The Morgan fingerprint density at radius 2 is 2.06 bits per heavy atom. The first-order chi connectivity index (χ1) is 16.5. The smallest absolute Gasteiger partial charge is 0.253 e. The second-order valence-electron chi connectivity index (χ2n) is 9.68. The second kappa shape index (κ2) is 8.21. The molecule has 4 heterocycles. The summed E-state index contributed by atoms with van der Waals surface area (Å²) in [7, 11) is 3.71. The number of pyridine rings is 1. The van der Waals surface area contributed by atoms with Gasteiger partial charge in [-0.3, -0.25) is 4.79 Å². The van der Waals surface area contributed by atoms with Crippen LogP contribution in [0, 0.1) is 5.92 Å². The topological polar surface area (TPSA) is 91.2 Å². The minimum atomic E-state index is -0.171. The lowest BCUT2D eigenvalue weighted by Gasteiger charge is -2.35. The highest BCUT2D eigenvalue weighted by Gasteiger charge is 2.30. The van der Waals surface area contributed by atoms with Crippen LogP contribution >= 0.6 is 0 Å². The van der Waals surface area contributed by atoms with Crippen molar-refractivity contribution in [3.63, 3.8) is 0 Å². The second-order valence-corrected chi connectivity index (χ2v) is 9.68. The number of likely N-dealkylation sites (tertiary alicyclic amines) is 1. The Kier molecular flexibility index (Phi) is 5.15. The molecule has 1 aliphatic heterocycles. The average Bonchev–Trinajstić information content (AvgIpc) is 3.52. The van der Waals surface area contributed by atoms with Gasteiger partial charge in [0.25, 0.3) is 5.91 Å². The van der Waals surface area contributed by atoms with Crippen LogP contribution in [0.25, 0.3) is 33.6 Å². The molecule has 2 fully saturated rings. The van der Waals surface area contributed by atoms with Crippen molar-refractivity contribution in [1.82, 2.24) is 24.0 Å². The minimum absolute atomic E-state index is 0.00163. The SMILES string of the molecule is CO[C@@H]1CCN(C(=O)c2ccc3c(c2)nc(-c2cc4cccnc4n2CC2CC2)n3C)C[C@@H]1N. The molecule has 0 bridgehead atoms. The van der Waals surface area contributed by atoms with Gasteiger partial charge in [-0.1, -0.05) is 0 Å². The van der Waals surface area contributed by atoms with Gasteiger partial charge in [0.15, 0.2) is 5.82 Å². The summed E-state index contributed by atoms with van der Waals surface area (Å²) in [5, 5.41) is 1.12. The number of hydrogen-bond donors (Lipinski definition) is 1. The molecule has 34 heavy (non-hydrogen) atoms. The van der Waals surface area contributed by atoms with E-state index in [1.165, 1.54) is 12.8 Å². The fourth-order valence-corrected chi connectivity index (χ4v) is 5.20. The number of aromatic nitrogens is 4. The van der Waals surface area contributed by atoms with Gasteiger partial charge in [-0.05, 0) is 61.6 Å². The number of amides is 1. The first-order valence-electron chi connectivity index (χ1n) is 12.0. The van der Waals surface area contributed by atoms with E-state index in [4.69, 9.17) is 15.5 Å². The van der Waals surface area contributed by atoms with E-state index >= 15 is 0 Å². The number of nitrogens with two attached hydrogens (primary N) is 1. The molecule has 3 aromatic heterocycles. The molecule has 0 unspecified atom stereocenters. The lowest BCUT2D eigenvalue weighted by molar-refractivity contribution is 0.0227. The maximum atomic E-state index is 13.2. The van der Waals surface area contributed by atoms with E-state index in [-0.39, 0.29) is 18.1 Å². The lowest BCUT2D eigenvalue weighted by atomic mass is 10.0. The summed E-state index contributed by atoms with van der Waals surface area (Å²) in [5.41, 5.74) is 10.7. The predicted octanol–water partition coefficient (Wildman–Crippen LogP) is 3.19. The number of piperidine rings is 1. The molecule has 1 aromatic carbocycles. The quantitative estimate of drug-likeness (QED) is 0.496. The molecule has 8 nitrogen and oxygen atoms in total. The van der Waals surface area contributed by atoms with Crippen LogP contribution in [0.4, 0.5) is 0 Å².